The van der Waals surface area contributed by atoms with Crippen molar-refractivity contribution in [2.45, 2.75) is 13.8 Å². The van der Waals surface area contributed by atoms with Gasteiger partial charge < -0.3 is 20.4 Å². The fraction of sp³-hybridized carbons (Fsp3) is 0.267. The van der Waals surface area contributed by atoms with Crippen LogP contribution >= 0.6 is 0 Å². The van der Waals surface area contributed by atoms with Gasteiger partial charge in [-0.05, 0) is 31.5 Å². The monoisotopic (exact) mass is 302 g/mol. The van der Waals surface area contributed by atoms with Gasteiger partial charge in [0.15, 0.2) is 0 Å². The second-order valence-corrected chi connectivity index (χ2v) is 4.84. The second-order valence-electron chi connectivity index (χ2n) is 4.84. The summed E-state index contributed by atoms with van der Waals surface area (Å²) in [5.41, 5.74) is 3.11. The number of H-pyrrole nitrogens is 1. The summed E-state index contributed by atoms with van der Waals surface area (Å²) in [4.78, 5) is 30.5. The molecule has 0 aliphatic rings. The van der Waals surface area contributed by atoms with Crippen LogP contribution in [0.1, 0.15) is 21.7 Å². The Kier molecular flexibility index (Phi) is 4.90. The highest BCUT2D eigenvalue weighted by Crippen LogP contribution is 2.21. The first kappa shape index (κ1) is 15.7. The highest BCUT2D eigenvalue weighted by Gasteiger charge is 2.13. The van der Waals surface area contributed by atoms with Gasteiger partial charge in [0.05, 0.1) is 6.33 Å². The molecule has 2 aromatic rings. The van der Waals surface area contributed by atoms with Crippen molar-refractivity contribution in [3.8, 4) is 0 Å². The molecule has 1 heterocycles. The number of methoxy groups -OCH3 is 1. The Morgan fingerprint density at radius 3 is 2.68 bits per heavy atom. The second kappa shape index (κ2) is 6.86. The highest BCUT2D eigenvalue weighted by atomic mass is 16.5. The van der Waals surface area contributed by atoms with E-state index in [9.17, 15) is 9.59 Å². The van der Waals surface area contributed by atoms with Crippen molar-refractivity contribution >= 4 is 23.2 Å². The van der Waals surface area contributed by atoms with Crippen LogP contribution in [0.3, 0.4) is 0 Å². The van der Waals surface area contributed by atoms with Gasteiger partial charge in [-0.15, -0.1) is 0 Å². The summed E-state index contributed by atoms with van der Waals surface area (Å²) in [5, 5.41) is 5.49. The number of hydrogen-bond acceptors (Lipinski definition) is 4. The number of nitrogens with one attached hydrogen (secondary N) is 3. The molecule has 1 aromatic carbocycles. The summed E-state index contributed by atoms with van der Waals surface area (Å²) in [6.07, 6.45) is 1.47. The molecule has 0 unspecified atom stereocenters. The van der Waals surface area contributed by atoms with Gasteiger partial charge in [0.1, 0.15) is 12.3 Å². The molecule has 22 heavy (non-hydrogen) atoms. The number of nitrogens with zero attached hydrogens (tertiary/aromatic N) is 1. The lowest BCUT2D eigenvalue weighted by Gasteiger charge is -2.11. The zero-order valence-corrected chi connectivity index (χ0v) is 12.7. The van der Waals surface area contributed by atoms with Crippen LogP contribution < -0.4 is 10.6 Å². The Hall–Kier alpha value is -2.67. The van der Waals surface area contributed by atoms with E-state index in [2.05, 4.69) is 20.6 Å². The summed E-state index contributed by atoms with van der Waals surface area (Å²) >= 11 is 0. The molecular weight excluding hydrogens is 284 g/mol. The van der Waals surface area contributed by atoms with E-state index >= 15 is 0 Å². The number of ether oxygens (including phenoxy) is 1. The largest absolute Gasteiger partial charge is 0.375 e. The number of aryl methyl sites for hydroxylation is 2. The van der Waals surface area contributed by atoms with E-state index in [-0.39, 0.29) is 18.4 Å². The number of aromatic amines is 1. The number of imidazole rings is 1. The standard InChI is InChI=1S/C15H18N4O3/c1-9-4-5-11(18-13(20)7-22-3)6-12(9)19-15(21)14-10(2)16-8-17-14/h4-6,8H,7H2,1-3H3,(H,16,17)(H,18,20)(H,19,21). The molecule has 1 aromatic heterocycles. The van der Waals surface area contributed by atoms with Gasteiger partial charge in [-0.3, -0.25) is 9.59 Å². The van der Waals surface area contributed by atoms with E-state index in [0.717, 1.165) is 5.56 Å². The molecule has 7 nitrogen and oxygen atoms in total. The summed E-state index contributed by atoms with van der Waals surface area (Å²) < 4.78 is 4.76. The summed E-state index contributed by atoms with van der Waals surface area (Å²) in [6, 6.07) is 5.27. The number of hydrogen-bond donors (Lipinski definition) is 3. The average Bonchev–Trinajstić information content (AvgIpc) is 2.89. The van der Waals surface area contributed by atoms with E-state index in [4.69, 9.17) is 4.74 Å². The smallest absolute Gasteiger partial charge is 0.276 e. The molecule has 3 N–H and O–H groups in total. The van der Waals surface area contributed by atoms with Gasteiger partial charge in [-0.25, -0.2) is 4.98 Å². The predicted molar refractivity (Wildman–Crippen MR) is 83.0 cm³/mol. The van der Waals surface area contributed by atoms with E-state index < -0.39 is 0 Å². The quantitative estimate of drug-likeness (QED) is 0.785. The van der Waals surface area contributed by atoms with Crippen molar-refractivity contribution in [2.24, 2.45) is 0 Å². The molecule has 0 aliphatic heterocycles. The zero-order valence-electron chi connectivity index (χ0n) is 12.7. The Morgan fingerprint density at radius 1 is 1.27 bits per heavy atom. The number of benzene rings is 1. The SMILES string of the molecule is COCC(=O)Nc1ccc(C)c(NC(=O)c2nc[nH]c2C)c1. The number of anilines is 2. The molecule has 0 atom stereocenters. The van der Waals surface area contributed by atoms with E-state index in [1.54, 1.807) is 19.1 Å². The number of rotatable bonds is 5. The number of aromatic nitrogens is 2. The first-order chi connectivity index (χ1) is 10.5. The van der Waals surface area contributed by atoms with Crippen LogP contribution in [0, 0.1) is 13.8 Å². The number of carbonyl (C=O) groups excluding carboxylic acids is 2. The first-order valence-corrected chi connectivity index (χ1v) is 6.72. The third kappa shape index (κ3) is 3.70. The van der Waals surface area contributed by atoms with Crippen molar-refractivity contribution in [3.63, 3.8) is 0 Å². The summed E-state index contributed by atoms with van der Waals surface area (Å²) in [5.74, 6) is -0.561. The molecular formula is C15H18N4O3. The van der Waals surface area contributed by atoms with Gasteiger partial charge in [0.25, 0.3) is 5.91 Å². The predicted octanol–water partition coefficient (Wildman–Crippen LogP) is 1.86. The topological polar surface area (TPSA) is 96.1 Å². The minimum Gasteiger partial charge on any atom is -0.375 e. The summed E-state index contributed by atoms with van der Waals surface area (Å²) in [7, 11) is 1.45. The lowest BCUT2D eigenvalue weighted by molar-refractivity contribution is -0.119. The zero-order chi connectivity index (χ0) is 16.1. The van der Waals surface area contributed by atoms with Gasteiger partial charge >= 0.3 is 0 Å². The molecule has 2 rings (SSSR count). The van der Waals surface area contributed by atoms with Crippen LogP contribution in [0.25, 0.3) is 0 Å². The molecule has 116 valence electrons. The molecule has 0 saturated heterocycles. The van der Waals surface area contributed by atoms with Crippen LogP contribution in [0.2, 0.25) is 0 Å². The maximum absolute atomic E-state index is 12.2. The fourth-order valence-electron chi connectivity index (χ4n) is 1.93. The normalized spacial score (nSPS) is 10.3. The maximum Gasteiger partial charge on any atom is 0.276 e. The third-order valence-corrected chi connectivity index (χ3v) is 3.09. The minimum absolute atomic E-state index is 0.0258. The molecule has 0 spiro atoms. The van der Waals surface area contributed by atoms with Crippen molar-refractivity contribution in [2.75, 3.05) is 24.4 Å². The van der Waals surface area contributed by atoms with Crippen molar-refractivity contribution in [1.29, 1.82) is 0 Å². The highest BCUT2D eigenvalue weighted by molar-refractivity contribution is 6.04. The Morgan fingerprint density at radius 2 is 2.05 bits per heavy atom. The Balaban J connectivity index is 2.15. The van der Waals surface area contributed by atoms with E-state index in [0.29, 0.717) is 22.8 Å². The van der Waals surface area contributed by atoms with Crippen LogP contribution in [0.15, 0.2) is 24.5 Å². The Labute approximate surface area is 128 Å². The van der Waals surface area contributed by atoms with E-state index in [1.807, 2.05) is 13.0 Å². The van der Waals surface area contributed by atoms with Crippen LogP contribution in [-0.4, -0.2) is 35.5 Å². The van der Waals surface area contributed by atoms with Crippen LogP contribution in [0.5, 0.6) is 0 Å². The number of amides is 2. The molecule has 0 bridgehead atoms. The Bertz CT molecular complexity index is 694. The minimum atomic E-state index is -0.304. The van der Waals surface area contributed by atoms with Crippen LogP contribution in [-0.2, 0) is 9.53 Å². The molecule has 0 aliphatic carbocycles. The molecule has 0 saturated carbocycles. The maximum atomic E-state index is 12.2. The van der Waals surface area contributed by atoms with E-state index in [1.165, 1.54) is 13.4 Å². The average molecular weight is 302 g/mol. The third-order valence-electron chi connectivity index (χ3n) is 3.09. The van der Waals surface area contributed by atoms with Gasteiger partial charge in [-0.2, -0.15) is 0 Å². The lowest BCUT2D eigenvalue weighted by Crippen LogP contribution is -2.18. The first-order valence-electron chi connectivity index (χ1n) is 6.72. The van der Waals surface area contributed by atoms with Gasteiger partial charge in [0, 0.05) is 24.2 Å². The van der Waals surface area contributed by atoms with Crippen molar-refractivity contribution in [1.82, 2.24) is 9.97 Å². The molecule has 2 amide bonds. The lowest BCUT2D eigenvalue weighted by atomic mass is 10.1. The summed E-state index contributed by atoms with van der Waals surface area (Å²) in [6.45, 7) is 3.62. The van der Waals surface area contributed by atoms with Gasteiger partial charge in [-0.1, -0.05) is 6.07 Å². The number of carbonyl (C=O) groups is 2. The van der Waals surface area contributed by atoms with Crippen LogP contribution in [0.4, 0.5) is 11.4 Å². The molecule has 7 heteroatoms. The van der Waals surface area contributed by atoms with Gasteiger partial charge in [0.2, 0.25) is 5.91 Å². The molecule has 0 radical (unpaired) electrons. The fourth-order valence-corrected chi connectivity index (χ4v) is 1.93. The van der Waals surface area contributed by atoms with Crippen molar-refractivity contribution < 1.29 is 14.3 Å². The molecule has 0 fully saturated rings. The van der Waals surface area contributed by atoms with Crippen molar-refractivity contribution in [3.05, 3.63) is 41.5 Å².